The quantitative estimate of drug-likeness (QED) is 0.873. The highest BCUT2D eigenvalue weighted by molar-refractivity contribution is 5.91. The monoisotopic (exact) mass is 345 g/mol. The zero-order valence-corrected chi connectivity index (χ0v) is 15.1. The van der Waals surface area contributed by atoms with Crippen LogP contribution >= 0.6 is 0 Å². The van der Waals surface area contributed by atoms with Crippen LogP contribution in [0.1, 0.15) is 30.3 Å². The molecule has 7 heteroatoms. The first-order valence-electron chi connectivity index (χ1n) is 9.29. The van der Waals surface area contributed by atoms with Gasteiger partial charge in [0.15, 0.2) is 11.5 Å². The molecule has 25 heavy (non-hydrogen) atoms. The third-order valence-corrected chi connectivity index (χ3v) is 6.42. The molecule has 3 saturated heterocycles. The number of rotatable bonds is 3. The fourth-order valence-electron chi connectivity index (χ4n) is 4.93. The molecule has 3 fully saturated rings. The van der Waals surface area contributed by atoms with Gasteiger partial charge in [0.1, 0.15) is 0 Å². The van der Waals surface area contributed by atoms with Crippen molar-refractivity contribution in [3.05, 3.63) is 17.8 Å². The topological polar surface area (TPSA) is 70.6 Å². The van der Waals surface area contributed by atoms with Crippen molar-refractivity contribution in [3.8, 4) is 0 Å². The summed E-state index contributed by atoms with van der Waals surface area (Å²) in [5.74, 6) is 1.35. The smallest absolute Gasteiger partial charge is 0.271 e. The van der Waals surface area contributed by atoms with Gasteiger partial charge in [0.05, 0.1) is 13.2 Å². The van der Waals surface area contributed by atoms with Crippen LogP contribution in [0, 0.1) is 11.3 Å². The highest BCUT2D eigenvalue weighted by Gasteiger charge is 2.55. The van der Waals surface area contributed by atoms with Crippen LogP contribution in [-0.2, 0) is 4.74 Å². The summed E-state index contributed by atoms with van der Waals surface area (Å²) in [6.45, 7) is 8.38. The van der Waals surface area contributed by atoms with Crippen molar-refractivity contribution in [1.82, 2.24) is 20.4 Å². The van der Waals surface area contributed by atoms with Crippen molar-refractivity contribution in [2.45, 2.75) is 25.8 Å². The molecule has 1 N–H and O–H groups in total. The Kier molecular flexibility index (Phi) is 4.37. The van der Waals surface area contributed by atoms with Crippen LogP contribution in [0.15, 0.2) is 12.1 Å². The van der Waals surface area contributed by atoms with Gasteiger partial charge in [-0.2, -0.15) is 0 Å². The van der Waals surface area contributed by atoms with Gasteiger partial charge >= 0.3 is 0 Å². The number of carbonyl (C=O) groups excluding carboxylic acids is 1. The number of likely N-dealkylation sites (tertiary alicyclic amines) is 1. The van der Waals surface area contributed by atoms with Crippen molar-refractivity contribution >= 4 is 11.7 Å². The molecule has 1 spiro atoms. The highest BCUT2D eigenvalue weighted by Crippen LogP contribution is 2.50. The van der Waals surface area contributed by atoms with Crippen molar-refractivity contribution in [1.29, 1.82) is 0 Å². The van der Waals surface area contributed by atoms with Gasteiger partial charge in [-0.15, -0.1) is 10.2 Å². The minimum absolute atomic E-state index is 0.200. The van der Waals surface area contributed by atoms with E-state index >= 15 is 0 Å². The van der Waals surface area contributed by atoms with E-state index in [0.29, 0.717) is 23.1 Å². The standard InChI is InChI=1S/C18H27N5O2/c1-3-22-12-18(13-10-25-11-15(13)22)6-8-23(9-7-18)16-5-4-14(20-21-16)17(24)19-2/h4-5,13,15H,3,6-12H2,1-2H3,(H,19,24)/t13-,15+/m0/s1. The van der Waals surface area contributed by atoms with Crippen molar-refractivity contribution in [2.75, 3.05) is 51.3 Å². The highest BCUT2D eigenvalue weighted by atomic mass is 16.5. The largest absolute Gasteiger partial charge is 0.379 e. The molecular formula is C18H27N5O2. The zero-order valence-electron chi connectivity index (χ0n) is 15.1. The van der Waals surface area contributed by atoms with Crippen molar-refractivity contribution in [3.63, 3.8) is 0 Å². The number of piperidine rings is 1. The molecule has 7 nitrogen and oxygen atoms in total. The predicted octanol–water partition coefficient (Wildman–Crippen LogP) is 0.773. The number of carbonyl (C=O) groups is 1. The number of fused-ring (bicyclic) bond motifs is 2. The lowest BCUT2D eigenvalue weighted by atomic mass is 9.70. The Hall–Kier alpha value is -1.73. The van der Waals surface area contributed by atoms with Crippen molar-refractivity contribution in [2.24, 2.45) is 11.3 Å². The Morgan fingerprint density at radius 1 is 1.32 bits per heavy atom. The van der Waals surface area contributed by atoms with Crippen LogP contribution in [0.4, 0.5) is 5.82 Å². The molecular weight excluding hydrogens is 318 g/mol. The van der Waals surface area contributed by atoms with Gasteiger partial charge in [0, 0.05) is 38.6 Å². The van der Waals surface area contributed by atoms with Gasteiger partial charge in [0.25, 0.3) is 5.91 Å². The van der Waals surface area contributed by atoms with Crippen LogP contribution < -0.4 is 10.2 Å². The van der Waals surface area contributed by atoms with E-state index in [0.717, 1.165) is 38.7 Å². The van der Waals surface area contributed by atoms with Gasteiger partial charge < -0.3 is 15.0 Å². The van der Waals surface area contributed by atoms with Crippen LogP contribution in [0.25, 0.3) is 0 Å². The van der Waals surface area contributed by atoms with E-state index < -0.39 is 0 Å². The van der Waals surface area contributed by atoms with Gasteiger partial charge in [-0.1, -0.05) is 6.92 Å². The van der Waals surface area contributed by atoms with E-state index in [1.807, 2.05) is 6.07 Å². The molecule has 1 amide bonds. The molecule has 1 aromatic heterocycles. The van der Waals surface area contributed by atoms with Crippen LogP contribution in [0.5, 0.6) is 0 Å². The van der Waals surface area contributed by atoms with E-state index in [1.165, 1.54) is 19.4 Å². The SMILES string of the molecule is CCN1CC2(CCN(c3ccc(C(=O)NC)nn3)CC2)[C@H]2COC[C@H]21. The van der Waals surface area contributed by atoms with E-state index in [9.17, 15) is 4.79 Å². The Morgan fingerprint density at radius 3 is 2.76 bits per heavy atom. The number of amides is 1. The van der Waals surface area contributed by atoms with Gasteiger partial charge in [0.2, 0.25) is 0 Å². The first kappa shape index (κ1) is 16.7. The molecule has 0 bridgehead atoms. The molecule has 0 saturated carbocycles. The van der Waals surface area contributed by atoms with Crippen LogP contribution in [0.2, 0.25) is 0 Å². The summed E-state index contributed by atoms with van der Waals surface area (Å²) in [4.78, 5) is 16.5. The summed E-state index contributed by atoms with van der Waals surface area (Å²) in [5, 5.41) is 10.9. The van der Waals surface area contributed by atoms with E-state index in [4.69, 9.17) is 4.74 Å². The summed E-state index contributed by atoms with van der Waals surface area (Å²) < 4.78 is 5.81. The number of ether oxygens (including phenoxy) is 1. The van der Waals surface area contributed by atoms with Crippen molar-refractivity contribution < 1.29 is 9.53 Å². The normalized spacial score (nSPS) is 28.3. The molecule has 0 aliphatic carbocycles. The van der Waals surface area contributed by atoms with E-state index in [2.05, 4.69) is 32.2 Å². The molecule has 136 valence electrons. The number of nitrogens with zero attached hydrogens (tertiary/aromatic N) is 4. The third kappa shape index (κ3) is 2.79. The van der Waals surface area contributed by atoms with E-state index in [1.54, 1.807) is 13.1 Å². The van der Waals surface area contributed by atoms with Crippen LogP contribution in [0.3, 0.4) is 0 Å². The summed E-state index contributed by atoms with van der Waals surface area (Å²) in [5.41, 5.74) is 0.753. The maximum atomic E-state index is 11.6. The average Bonchev–Trinajstić information content (AvgIpc) is 3.25. The number of hydrogen-bond donors (Lipinski definition) is 1. The zero-order chi connectivity index (χ0) is 17.4. The molecule has 0 radical (unpaired) electrons. The third-order valence-electron chi connectivity index (χ3n) is 6.42. The molecule has 4 heterocycles. The predicted molar refractivity (Wildman–Crippen MR) is 94.6 cm³/mol. The molecule has 3 aliphatic heterocycles. The van der Waals surface area contributed by atoms with Gasteiger partial charge in [-0.25, -0.2) is 0 Å². The van der Waals surface area contributed by atoms with Gasteiger partial charge in [-0.05, 0) is 36.9 Å². The maximum absolute atomic E-state index is 11.6. The first-order chi connectivity index (χ1) is 12.2. The molecule has 3 aliphatic rings. The Labute approximate surface area is 148 Å². The fourth-order valence-corrected chi connectivity index (χ4v) is 4.93. The average molecular weight is 345 g/mol. The van der Waals surface area contributed by atoms with Gasteiger partial charge in [-0.3, -0.25) is 9.69 Å². The molecule has 0 unspecified atom stereocenters. The summed E-state index contributed by atoms with van der Waals surface area (Å²) in [7, 11) is 1.60. The second kappa shape index (κ2) is 6.53. The first-order valence-corrected chi connectivity index (χ1v) is 9.29. The lowest BCUT2D eigenvalue weighted by Crippen LogP contribution is -2.45. The lowest BCUT2D eigenvalue weighted by molar-refractivity contribution is 0.0920. The Morgan fingerprint density at radius 2 is 2.12 bits per heavy atom. The molecule has 0 aromatic carbocycles. The second-order valence-electron chi connectivity index (χ2n) is 7.48. The lowest BCUT2D eigenvalue weighted by Gasteiger charge is -2.42. The fraction of sp³-hybridized carbons (Fsp3) is 0.722. The number of aromatic nitrogens is 2. The molecule has 1 aromatic rings. The summed E-state index contributed by atoms with van der Waals surface area (Å²) >= 11 is 0. The number of nitrogens with one attached hydrogen (secondary N) is 1. The summed E-state index contributed by atoms with van der Waals surface area (Å²) in [6, 6.07) is 4.27. The number of anilines is 1. The maximum Gasteiger partial charge on any atom is 0.271 e. The second-order valence-corrected chi connectivity index (χ2v) is 7.48. The minimum atomic E-state index is -0.200. The summed E-state index contributed by atoms with van der Waals surface area (Å²) in [6.07, 6.45) is 2.35. The van der Waals surface area contributed by atoms with E-state index in [-0.39, 0.29) is 5.91 Å². The molecule has 4 rings (SSSR count). The minimum Gasteiger partial charge on any atom is -0.379 e. The number of likely N-dealkylation sites (N-methyl/N-ethyl adjacent to an activating group) is 1. The van der Waals surface area contributed by atoms with Crippen LogP contribution in [-0.4, -0.2) is 73.5 Å². The molecule has 2 atom stereocenters. The Balaban J connectivity index is 1.44. The Bertz CT molecular complexity index is 627. The number of hydrogen-bond acceptors (Lipinski definition) is 6.